The van der Waals surface area contributed by atoms with Crippen LogP contribution in [0.25, 0.3) is 10.9 Å². The number of aromatic nitrogens is 2. The molecule has 0 aliphatic heterocycles. The second kappa shape index (κ2) is 7.09. The average molecular weight is 380 g/mol. The molecule has 1 amide bonds. The second-order valence-electron chi connectivity index (χ2n) is 5.33. The summed E-state index contributed by atoms with van der Waals surface area (Å²) < 4.78 is 29.7. The fourth-order valence-corrected chi connectivity index (χ4v) is 2.59. The van der Waals surface area contributed by atoms with Gasteiger partial charge in [-0.05, 0) is 31.2 Å². The van der Waals surface area contributed by atoms with Crippen molar-refractivity contribution >= 4 is 34.1 Å². The Kier molecular flexibility index (Phi) is 4.85. The van der Waals surface area contributed by atoms with Crippen LogP contribution in [0.3, 0.4) is 0 Å². The summed E-state index contributed by atoms with van der Waals surface area (Å²) in [6.07, 6.45) is 1.34. The lowest BCUT2D eigenvalue weighted by molar-refractivity contribution is -0.0489. The predicted molar refractivity (Wildman–Crippen MR) is 93.1 cm³/mol. The molecule has 0 atom stereocenters. The number of amides is 1. The first kappa shape index (κ1) is 17.8. The van der Waals surface area contributed by atoms with E-state index in [9.17, 15) is 18.4 Å². The molecule has 0 aliphatic carbocycles. The van der Waals surface area contributed by atoms with Crippen LogP contribution in [0.4, 0.5) is 14.5 Å². The lowest BCUT2D eigenvalue weighted by Crippen LogP contribution is -2.16. The molecule has 0 bridgehead atoms. The molecule has 6 nitrogen and oxygen atoms in total. The van der Waals surface area contributed by atoms with E-state index < -0.39 is 18.1 Å². The van der Waals surface area contributed by atoms with Gasteiger partial charge in [-0.1, -0.05) is 17.7 Å². The second-order valence-corrected chi connectivity index (χ2v) is 5.71. The van der Waals surface area contributed by atoms with Crippen LogP contribution in [0.1, 0.15) is 16.1 Å². The molecule has 9 heteroatoms. The van der Waals surface area contributed by atoms with Gasteiger partial charge in [0.1, 0.15) is 10.5 Å². The van der Waals surface area contributed by atoms with Crippen LogP contribution in [0.2, 0.25) is 5.02 Å². The van der Waals surface area contributed by atoms with Crippen molar-refractivity contribution < 1.29 is 18.3 Å². The third kappa shape index (κ3) is 3.50. The number of benzene rings is 1. The van der Waals surface area contributed by atoms with Gasteiger partial charge in [0.2, 0.25) is 0 Å². The molecule has 0 saturated carbocycles. The molecule has 0 unspecified atom stereocenters. The predicted octanol–water partition coefficient (Wildman–Crippen LogP) is 3.74. The zero-order valence-corrected chi connectivity index (χ0v) is 14.1. The topological polar surface area (TPSA) is 84.1 Å². The Morgan fingerprint density at radius 3 is 2.77 bits per heavy atom. The number of rotatable bonds is 4. The lowest BCUT2D eigenvalue weighted by Gasteiger charge is -2.12. The number of anilines is 1. The van der Waals surface area contributed by atoms with Crippen LogP contribution in [-0.4, -0.2) is 22.5 Å². The standard InChI is InChI=1S/C17H12ClF2N3O3/c1-8-2-3-9-10(4-5-12(14(9)22-8)26-17(19)20)15(24)23-11-6-7-21-16(25)13(11)18/h2-7,17H,1H3,(H2,21,23,24,25). The van der Waals surface area contributed by atoms with Crippen molar-refractivity contribution in [1.82, 2.24) is 9.97 Å². The number of pyridine rings is 2. The highest BCUT2D eigenvalue weighted by molar-refractivity contribution is 6.33. The molecule has 2 heterocycles. The molecular formula is C17H12ClF2N3O3. The molecule has 0 fully saturated rings. The van der Waals surface area contributed by atoms with Gasteiger partial charge in [0.15, 0.2) is 5.75 Å². The van der Waals surface area contributed by atoms with E-state index in [4.69, 9.17) is 11.6 Å². The van der Waals surface area contributed by atoms with Crippen molar-refractivity contribution in [3.63, 3.8) is 0 Å². The molecule has 2 aromatic heterocycles. The summed E-state index contributed by atoms with van der Waals surface area (Å²) in [7, 11) is 0. The fourth-order valence-electron chi connectivity index (χ4n) is 2.42. The van der Waals surface area contributed by atoms with Gasteiger partial charge in [-0.25, -0.2) is 4.98 Å². The maximum Gasteiger partial charge on any atom is 0.387 e. The Morgan fingerprint density at radius 2 is 2.04 bits per heavy atom. The molecule has 0 spiro atoms. The molecule has 0 saturated heterocycles. The van der Waals surface area contributed by atoms with Gasteiger partial charge in [0.05, 0.1) is 5.69 Å². The first-order chi connectivity index (χ1) is 12.4. The minimum atomic E-state index is -3.02. The Labute approximate surface area is 150 Å². The number of halogens is 3. The monoisotopic (exact) mass is 379 g/mol. The van der Waals surface area contributed by atoms with E-state index in [1.165, 1.54) is 24.4 Å². The molecule has 1 aromatic carbocycles. The number of hydrogen-bond donors (Lipinski definition) is 2. The van der Waals surface area contributed by atoms with Gasteiger partial charge in [-0.3, -0.25) is 9.59 Å². The summed E-state index contributed by atoms with van der Waals surface area (Å²) in [5.41, 5.74) is 0.459. The number of hydrogen-bond acceptors (Lipinski definition) is 4. The molecule has 134 valence electrons. The van der Waals surface area contributed by atoms with E-state index in [0.29, 0.717) is 11.1 Å². The number of H-pyrrole nitrogens is 1. The van der Waals surface area contributed by atoms with E-state index in [1.54, 1.807) is 19.1 Å². The highest BCUT2D eigenvalue weighted by atomic mass is 35.5. The lowest BCUT2D eigenvalue weighted by atomic mass is 10.1. The molecule has 0 aliphatic rings. The number of aromatic amines is 1. The summed E-state index contributed by atoms with van der Waals surface area (Å²) in [6, 6.07) is 7.25. The maximum atomic E-state index is 12.6. The van der Waals surface area contributed by atoms with Crippen molar-refractivity contribution in [2.75, 3.05) is 5.32 Å². The molecule has 2 N–H and O–H groups in total. The number of alkyl halides is 2. The third-order valence-electron chi connectivity index (χ3n) is 3.57. The van der Waals surface area contributed by atoms with Gasteiger partial charge in [0.25, 0.3) is 11.5 Å². The van der Waals surface area contributed by atoms with Gasteiger partial charge in [0, 0.05) is 22.8 Å². The van der Waals surface area contributed by atoms with E-state index in [2.05, 4.69) is 20.0 Å². The molecule has 0 radical (unpaired) electrons. The van der Waals surface area contributed by atoms with Crippen LogP contribution in [0.5, 0.6) is 5.75 Å². The van der Waals surface area contributed by atoms with Crippen LogP contribution in [-0.2, 0) is 0 Å². The normalized spacial score (nSPS) is 11.0. The van der Waals surface area contributed by atoms with Crippen LogP contribution in [0.15, 0.2) is 41.3 Å². The summed E-state index contributed by atoms with van der Waals surface area (Å²) in [5, 5.41) is 2.68. The summed E-state index contributed by atoms with van der Waals surface area (Å²) in [6.45, 7) is -1.33. The summed E-state index contributed by atoms with van der Waals surface area (Å²) in [5.74, 6) is -0.707. The number of fused-ring (bicyclic) bond motifs is 1. The largest absolute Gasteiger partial charge is 0.432 e. The fraction of sp³-hybridized carbons (Fsp3) is 0.118. The van der Waals surface area contributed by atoms with Gasteiger partial charge in [-0.15, -0.1) is 0 Å². The van der Waals surface area contributed by atoms with E-state index in [-0.39, 0.29) is 27.5 Å². The van der Waals surface area contributed by atoms with Gasteiger partial charge >= 0.3 is 6.61 Å². The Morgan fingerprint density at radius 1 is 1.27 bits per heavy atom. The average Bonchev–Trinajstić information content (AvgIpc) is 2.59. The zero-order valence-electron chi connectivity index (χ0n) is 13.3. The Bertz CT molecular complexity index is 1050. The quantitative estimate of drug-likeness (QED) is 0.723. The van der Waals surface area contributed by atoms with E-state index in [1.807, 2.05) is 0 Å². The molecule has 26 heavy (non-hydrogen) atoms. The first-order valence-electron chi connectivity index (χ1n) is 7.40. The number of nitrogens with zero attached hydrogens (tertiary/aromatic N) is 1. The number of carbonyl (C=O) groups is 1. The van der Waals surface area contributed by atoms with Crippen molar-refractivity contribution in [2.24, 2.45) is 0 Å². The van der Waals surface area contributed by atoms with Gasteiger partial charge < -0.3 is 15.0 Å². The zero-order chi connectivity index (χ0) is 18.8. The van der Waals surface area contributed by atoms with Crippen molar-refractivity contribution in [3.05, 3.63) is 63.2 Å². The van der Waals surface area contributed by atoms with E-state index >= 15 is 0 Å². The molecule has 3 aromatic rings. The summed E-state index contributed by atoms with van der Waals surface area (Å²) in [4.78, 5) is 30.7. The summed E-state index contributed by atoms with van der Waals surface area (Å²) >= 11 is 5.87. The molecule has 3 rings (SSSR count). The number of carbonyl (C=O) groups excluding carboxylic acids is 1. The van der Waals surface area contributed by atoms with Gasteiger partial charge in [-0.2, -0.15) is 8.78 Å². The van der Waals surface area contributed by atoms with Crippen molar-refractivity contribution in [1.29, 1.82) is 0 Å². The van der Waals surface area contributed by atoms with Crippen LogP contribution >= 0.6 is 11.6 Å². The Balaban J connectivity index is 2.06. The minimum Gasteiger partial charge on any atom is -0.432 e. The number of nitrogens with one attached hydrogen (secondary N) is 2. The minimum absolute atomic E-state index is 0.126. The van der Waals surface area contributed by atoms with Crippen molar-refractivity contribution in [3.8, 4) is 5.75 Å². The molecular weight excluding hydrogens is 368 g/mol. The maximum absolute atomic E-state index is 12.6. The number of aryl methyl sites for hydroxylation is 1. The third-order valence-corrected chi connectivity index (χ3v) is 3.94. The van der Waals surface area contributed by atoms with E-state index in [0.717, 1.165) is 0 Å². The SMILES string of the molecule is Cc1ccc2c(C(=O)Nc3cc[nH]c(=O)c3Cl)ccc(OC(F)F)c2n1. The van der Waals surface area contributed by atoms with Crippen LogP contribution in [0, 0.1) is 6.92 Å². The Hall–Kier alpha value is -3.00. The smallest absolute Gasteiger partial charge is 0.387 e. The highest BCUT2D eigenvalue weighted by Crippen LogP contribution is 2.29. The number of ether oxygens (including phenoxy) is 1. The van der Waals surface area contributed by atoms with Crippen molar-refractivity contribution in [2.45, 2.75) is 13.5 Å². The highest BCUT2D eigenvalue weighted by Gasteiger charge is 2.18. The van der Waals surface area contributed by atoms with Crippen LogP contribution < -0.4 is 15.6 Å². The first-order valence-corrected chi connectivity index (χ1v) is 7.78.